The first-order valence-corrected chi connectivity index (χ1v) is 4.85. The first kappa shape index (κ1) is 11.8. The number of hydrogen-bond acceptors (Lipinski definition) is 2. The Morgan fingerprint density at radius 3 is 2.53 bits per heavy atom. The summed E-state index contributed by atoms with van der Waals surface area (Å²) in [5, 5.41) is 1.82. The molecule has 0 spiro atoms. The number of amides is 1. The van der Waals surface area contributed by atoms with Gasteiger partial charge in [-0.25, -0.2) is 4.98 Å². The zero-order valence-corrected chi connectivity index (χ0v) is 8.51. The zero-order chi connectivity index (χ0) is 12.7. The molecule has 1 N–H and O–H groups in total. The summed E-state index contributed by atoms with van der Waals surface area (Å²) in [7, 11) is 0. The second-order valence-corrected chi connectivity index (χ2v) is 3.88. The van der Waals surface area contributed by atoms with Crippen molar-refractivity contribution in [3.05, 3.63) is 29.8 Å². The van der Waals surface area contributed by atoms with Gasteiger partial charge in [-0.2, -0.15) is 17.6 Å². The van der Waals surface area contributed by atoms with Crippen molar-refractivity contribution in [2.75, 3.05) is 0 Å². The predicted octanol–water partition coefficient (Wildman–Crippen LogP) is 2.05. The zero-order valence-electron chi connectivity index (χ0n) is 8.51. The maximum atomic E-state index is 13.1. The normalized spacial score (nSPS) is 17.6. The van der Waals surface area contributed by atoms with Crippen molar-refractivity contribution in [1.29, 1.82) is 0 Å². The lowest BCUT2D eigenvalue weighted by molar-refractivity contribution is -0.163. The lowest BCUT2D eigenvalue weighted by Gasteiger charge is -2.20. The molecule has 92 valence electrons. The highest BCUT2D eigenvalue weighted by molar-refractivity contribution is 5.94. The van der Waals surface area contributed by atoms with Crippen molar-refractivity contribution in [2.24, 2.45) is 0 Å². The Labute approximate surface area is 93.8 Å². The van der Waals surface area contributed by atoms with Gasteiger partial charge in [0.1, 0.15) is 5.54 Å². The molecule has 2 rings (SSSR count). The van der Waals surface area contributed by atoms with Crippen molar-refractivity contribution < 1.29 is 22.4 Å². The molecule has 0 saturated heterocycles. The molecule has 3 nitrogen and oxygen atoms in total. The van der Waals surface area contributed by atoms with E-state index in [9.17, 15) is 22.4 Å². The molecule has 1 aromatic heterocycles. The number of rotatable bonds is 2. The van der Waals surface area contributed by atoms with E-state index in [1.54, 1.807) is 0 Å². The Morgan fingerprint density at radius 2 is 2.06 bits per heavy atom. The molecule has 1 fully saturated rings. The highest BCUT2D eigenvalue weighted by Gasteiger charge is 2.64. The van der Waals surface area contributed by atoms with Gasteiger partial charge in [0.2, 0.25) is 5.95 Å². The smallest absolute Gasteiger partial charge is 0.338 e. The van der Waals surface area contributed by atoms with Crippen LogP contribution in [0.4, 0.5) is 17.6 Å². The van der Waals surface area contributed by atoms with E-state index in [2.05, 4.69) is 4.98 Å². The number of carbonyl (C=O) groups excluding carboxylic acids is 1. The molecule has 0 aromatic carbocycles. The van der Waals surface area contributed by atoms with Crippen LogP contribution < -0.4 is 5.32 Å². The highest BCUT2D eigenvalue weighted by Crippen LogP contribution is 2.49. The van der Waals surface area contributed by atoms with Gasteiger partial charge in [0.15, 0.2) is 0 Å². The number of halogens is 4. The van der Waals surface area contributed by atoms with Crippen LogP contribution in [-0.2, 0) is 0 Å². The van der Waals surface area contributed by atoms with Gasteiger partial charge < -0.3 is 5.32 Å². The molecule has 1 aromatic rings. The highest BCUT2D eigenvalue weighted by atomic mass is 19.4. The van der Waals surface area contributed by atoms with Gasteiger partial charge in [-0.1, -0.05) is 0 Å². The van der Waals surface area contributed by atoms with Crippen molar-refractivity contribution in [3.63, 3.8) is 0 Å². The van der Waals surface area contributed by atoms with Crippen LogP contribution in [0, 0.1) is 5.95 Å². The second kappa shape index (κ2) is 3.68. The summed E-state index contributed by atoms with van der Waals surface area (Å²) in [5.41, 5.74) is -2.67. The molecule has 0 bridgehead atoms. The van der Waals surface area contributed by atoms with Crippen LogP contribution in [0.25, 0.3) is 0 Å². The SMILES string of the molecule is O=C(NC1(C(F)(F)F)CC1)c1cccnc1F. The molecule has 1 aliphatic carbocycles. The Bertz CT molecular complexity index is 454. The summed E-state index contributed by atoms with van der Waals surface area (Å²) in [5.74, 6) is -2.17. The fourth-order valence-electron chi connectivity index (χ4n) is 1.44. The van der Waals surface area contributed by atoms with Gasteiger partial charge >= 0.3 is 6.18 Å². The predicted molar refractivity (Wildman–Crippen MR) is 49.7 cm³/mol. The number of carbonyl (C=O) groups is 1. The average molecular weight is 248 g/mol. The van der Waals surface area contributed by atoms with Crippen LogP contribution in [0.2, 0.25) is 0 Å². The summed E-state index contributed by atoms with van der Waals surface area (Å²) in [6.07, 6.45) is -3.75. The first-order chi connectivity index (χ1) is 7.86. The fraction of sp³-hybridized carbons (Fsp3) is 0.400. The monoisotopic (exact) mass is 248 g/mol. The van der Waals surface area contributed by atoms with Crippen LogP contribution in [0.3, 0.4) is 0 Å². The standard InChI is InChI=1S/C10H8F4N2O/c11-7-6(2-1-5-15-7)8(17)16-9(3-4-9)10(12,13)14/h1-2,5H,3-4H2,(H,16,17). The molecule has 1 heterocycles. The lowest BCUT2D eigenvalue weighted by Crippen LogP contribution is -2.48. The summed E-state index contributed by atoms with van der Waals surface area (Å²) < 4.78 is 50.7. The van der Waals surface area contributed by atoms with Gasteiger partial charge in [-0.05, 0) is 25.0 Å². The number of nitrogens with zero attached hydrogens (tertiary/aromatic N) is 1. The number of hydrogen-bond donors (Lipinski definition) is 1. The molecule has 7 heteroatoms. The Morgan fingerprint density at radius 1 is 1.41 bits per heavy atom. The van der Waals surface area contributed by atoms with Gasteiger partial charge in [-0.15, -0.1) is 0 Å². The molecular formula is C10H8F4N2O. The number of nitrogens with one attached hydrogen (secondary N) is 1. The van der Waals surface area contributed by atoms with E-state index in [1.807, 2.05) is 5.32 Å². The lowest BCUT2D eigenvalue weighted by atomic mass is 10.2. The average Bonchev–Trinajstić information content (AvgIpc) is 2.98. The van der Waals surface area contributed by atoms with Crippen LogP contribution in [0.15, 0.2) is 18.3 Å². The Kier molecular flexibility index (Phi) is 2.56. The van der Waals surface area contributed by atoms with Crippen LogP contribution >= 0.6 is 0 Å². The van der Waals surface area contributed by atoms with Crippen molar-refractivity contribution >= 4 is 5.91 Å². The van der Waals surface area contributed by atoms with Crippen LogP contribution in [0.5, 0.6) is 0 Å². The summed E-state index contributed by atoms with van der Waals surface area (Å²) >= 11 is 0. The van der Waals surface area contributed by atoms with E-state index in [-0.39, 0.29) is 12.8 Å². The summed E-state index contributed by atoms with van der Waals surface area (Å²) in [6, 6.07) is 2.37. The molecule has 1 aliphatic rings. The van der Waals surface area contributed by atoms with E-state index in [0.29, 0.717) is 0 Å². The molecule has 0 atom stereocenters. The fourth-order valence-corrected chi connectivity index (χ4v) is 1.44. The van der Waals surface area contributed by atoms with Crippen molar-refractivity contribution in [2.45, 2.75) is 24.6 Å². The third-order valence-corrected chi connectivity index (χ3v) is 2.65. The summed E-state index contributed by atoms with van der Waals surface area (Å²) in [6.45, 7) is 0. The molecule has 0 unspecified atom stereocenters. The molecule has 0 radical (unpaired) electrons. The quantitative estimate of drug-likeness (QED) is 0.642. The maximum absolute atomic E-state index is 13.1. The third-order valence-electron chi connectivity index (χ3n) is 2.65. The van der Waals surface area contributed by atoms with E-state index in [0.717, 1.165) is 12.3 Å². The number of alkyl halides is 3. The van der Waals surface area contributed by atoms with Gasteiger partial charge in [0.25, 0.3) is 5.91 Å². The Balaban J connectivity index is 2.16. The maximum Gasteiger partial charge on any atom is 0.411 e. The van der Waals surface area contributed by atoms with E-state index < -0.39 is 29.1 Å². The van der Waals surface area contributed by atoms with Gasteiger partial charge in [-0.3, -0.25) is 4.79 Å². The summed E-state index contributed by atoms with van der Waals surface area (Å²) in [4.78, 5) is 14.7. The molecule has 1 amide bonds. The third kappa shape index (κ3) is 2.09. The number of aromatic nitrogens is 1. The Hall–Kier alpha value is -1.66. The minimum absolute atomic E-state index is 0.176. The van der Waals surface area contributed by atoms with Gasteiger partial charge in [0, 0.05) is 6.20 Å². The largest absolute Gasteiger partial charge is 0.411 e. The molecule has 1 saturated carbocycles. The first-order valence-electron chi connectivity index (χ1n) is 4.85. The van der Waals surface area contributed by atoms with Crippen LogP contribution in [-0.4, -0.2) is 22.6 Å². The minimum atomic E-state index is -4.51. The van der Waals surface area contributed by atoms with Crippen molar-refractivity contribution in [3.8, 4) is 0 Å². The topological polar surface area (TPSA) is 42.0 Å². The molecular weight excluding hydrogens is 240 g/mol. The minimum Gasteiger partial charge on any atom is -0.338 e. The molecule has 0 aliphatic heterocycles. The van der Waals surface area contributed by atoms with Crippen LogP contribution in [0.1, 0.15) is 23.2 Å². The van der Waals surface area contributed by atoms with Crippen molar-refractivity contribution in [1.82, 2.24) is 10.3 Å². The number of pyridine rings is 1. The van der Waals surface area contributed by atoms with E-state index >= 15 is 0 Å². The van der Waals surface area contributed by atoms with E-state index in [1.165, 1.54) is 6.07 Å². The van der Waals surface area contributed by atoms with E-state index in [4.69, 9.17) is 0 Å². The van der Waals surface area contributed by atoms with Gasteiger partial charge in [0.05, 0.1) is 5.56 Å². The second-order valence-electron chi connectivity index (χ2n) is 3.88. The molecule has 17 heavy (non-hydrogen) atoms.